The molecular weight excluding hydrogens is 326 g/mol. The molecule has 148 valence electrons. The lowest BCUT2D eigenvalue weighted by molar-refractivity contribution is 0.111. The predicted octanol–water partition coefficient (Wildman–Crippen LogP) is 5.98. The van der Waals surface area contributed by atoms with E-state index in [4.69, 9.17) is 9.84 Å². The molecule has 0 atom stereocenters. The van der Waals surface area contributed by atoms with Crippen molar-refractivity contribution in [3.8, 4) is 5.75 Å². The molecule has 1 saturated carbocycles. The van der Waals surface area contributed by atoms with Crippen molar-refractivity contribution in [2.45, 2.75) is 66.7 Å². The number of aliphatic hydroxyl groups is 1. The highest BCUT2D eigenvalue weighted by atomic mass is 16.5. The van der Waals surface area contributed by atoms with Crippen molar-refractivity contribution in [3.05, 3.63) is 35.7 Å². The number of carbonyl (C=O) groups excluding carboxylic acids is 1. The molecule has 1 aromatic heterocycles. The van der Waals surface area contributed by atoms with Crippen molar-refractivity contribution in [1.29, 1.82) is 0 Å². The molecule has 0 unspecified atom stereocenters. The van der Waals surface area contributed by atoms with Crippen molar-refractivity contribution >= 4 is 17.1 Å². The van der Waals surface area contributed by atoms with Crippen LogP contribution in [0.2, 0.25) is 0 Å². The monoisotopic (exact) mass is 363 g/mol. The molecule has 1 aliphatic rings. The third-order valence-electron chi connectivity index (χ3n) is 3.22. The molecule has 0 amide bonds. The first-order valence-electron chi connectivity index (χ1n) is 9.51. The molecule has 3 rings (SSSR count). The van der Waals surface area contributed by atoms with Gasteiger partial charge in [-0.05, 0) is 30.5 Å². The first-order chi connectivity index (χ1) is 12.7. The zero-order valence-electron chi connectivity index (χ0n) is 17.6. The SMILES string of the molecule is C1CC1.CC.CCCC.CO.COc1ccc2cc(C=O)nc(C)c2c1. The second kappa shape index (κ2) is 17.9. The second-order valence-corrected chi connectivity index (χ2v) is 5.40. The number of unbranched alkanes of at least 4 members (excludes halogenated alkanes) is 1. The Hall–Kier alpha value is -1.94. The molecule has 0 bridgehead atoms. The number of aromatic nitrogens is 1. The quantitative estimate of drug-likeness (QED) is 0.682. The summed E-state index contributed by atoms with van der Waals surface area (Å²) in [6.45, 7) is 10.2. The Morgan fingerprint density at radius 2 is 1.62 bits per heavy atom. The number of pyridine rings is 1. The first kappa shape index (κ1) is 26.3. The number of methoxy groups -OCH3 is 1. The Balaban J connectivity index is 0. The third kappa shape index (κ3) is 11.6. The molecule has 0 radical (unpaired) electrons. The Kier molecular flexibility index (Phi) is 18.1. The van der Waals surface area contributed by atoms with Crippen molar-refractivity contribution in [1.82, 2.24) is 4.98 Å². The summed E-state index contributed by atoms with van der Waals surface area (Å²) in [5, 5.41) is 9.02. The fourth-order valence-corrected chi connectivity index (χ4v) is 1.61. The summed E-state index contributed by atoms with van der Waals surface area (Å²) in [6.07, 6.45) is 7.90. The van der Waals surface area contributed by atoms with Crippen LogP contribution in [-0.4, -0.2) is 30.6 Å². The van der Waals surface area contributed by atoms with Crippen molar-refractivity contribution < 1.29 is 14.6 Å². The lowest BCUT2D eigenvalue weighted by Crippen LogP contribution is -1.92. The smallest absolute Gasteiger partial charge is 0.168 e. The Bertz CT molecular complexity index is 590. The lowest BCUT2D eigenvalue weighted by atomic mass is 10.1. The van der Waals surface area contributed by atoms with Crippen LogP contribution in [0.5, 0.6) is 5.75 Å². The molecule has 4 heteroatoms. The second-order valence-electron chi connectivity index (χ2n) is 5.40. The number of benzene rings is 1. The molecule has 1 aliphatic carbocycles. The molecule has 4 nitrogen and oxygen atoms in total. The van der Waals surface area contributed by atoms with Crippen molar-refractivity contribution in [2.24, 2.45) is 0 Å². The zero-order valence-corrected chi connectivity index (χ0v) is 17.6. The number of nitrogens with zero attached hydrogens (tertiary/aromatic N) is 1. The minimum absolute atomic E-state index is 0.463. The molecule has 2 aromatic rings. The maximum absolute atomic E-state index is 10.6. The van der Waals surface area contributed by atoms with E-state index in [9.17, 15) is 4.79 Å². The van der Waals surface area contributed by atoms with E-state index in [0.717, 1.165) is 35.6 Å². The summed E-state index contributed by atoms with van der Waals surface area (Å²) in [7, 11) is 2.63. The largest absolute Gasteiger partial charge is 0.497 e. The van der Waals surface area contributed by atoms with Gasteiger partial charge in [0.15, 0.2) is 6.29 Å². The van der Waals surface area contributed by atoms with E-state index >= 15 is 0 Å². The average molecular weight is 364 g/mol. The average Bonchev–Trinajstić information content (AvgIpc) is 3.60. The number of ether oxygens (including phenoxy) is 1. The van der Waals surface area contributed by atoms with Gasteiger partial charge in [0.2, 0.25) is 0 Å². The number of fused-ring (bicyclic) bond motifs is 1. The summed E-state index contributed by atoms with van der Waals surface area (Å²) in [4.78, 5) is 14.8. The van der Waals surface area contributed by atoms with E-state index in [-0.39, 0.29) is 0 Å². The summed E-state index contributed by atoms with van der Waals surface area (Å²) in [5.74, 6) is 0.797. The summed E-state index contributed by atoms with van der Waals surface area (Å²) < 4.78 is 5.14. The van der Waals surface area contributed by atoms with Gasteiger partial charge < -0.3 is 9.84 Å². The third-order valence-corrected chi connectivity index (χ3v) is 3.22. The summed E-state index contributed by atoms with van der Waals surface area (Å²) >= 11 is 0. The van der Waals surface area contributed by atoms with Crippen LogP contribution in [0.3, 0.4) is 0 Å². The molecule has 26 heavy (non-hydrogen) atoms. The molecule has 1 N–H and O–H groups in total. The van der Waals surface area contributed by atoms with Gasteiger partial charge in [-0.1, -0.05) is 65.9 Å². The maximum Gasteiger partial charge on any atom is 0.168 e. The molecule has 0 spiro atoms. The van der Waals surface area contributed by atoms with Crippen LogP contribution in [0.1, 0.15) is 76.0 Å². The van der Waals surface area contributed by atoms with Gasteiger partial charge in [0, 0.05) is 18.2 Å². The highest BCUT2D eigenvalue weighted by Gasteiger charge is 2.03. The molecule has 0 aliphatic heterocycles. The standard InChI is InChI=1S/C12H11NO2.C4H10.C3H6.C2H6.CH4O/c1-8-12-6-11(15-2)4-3-9(12)5-10(7-14)13-8;1-3-4-2;1-2-3-1;2*1-2/h3-7H,1-2H3;3-4H2,1-2H3;1-3H2;1-2H3;2H,1H3. The Morgan fingerprint density at radius 3 is 2.00 bits per heavy atom. The van der Waals surface area contributed by atoms with E-state index in [2.05, 4.69) is 18.8 Å². The minimum Gasteiger partial charge on any atom is -0.497 e. The van der Waals surface area contributed by atoms with E-state index in [1.54, 1.807) is 13.2 Å². The van der Waals surface area contributed by atoms with Gasteiger partial charge in [-0.25, -0.2) is 4.98 Å². The van der Waals surface area contributed by atoms with Crippen LogP contribution in [0.4, 0.5) is 0 Å². The van der Waals surface area contributed by atoms with Crippen molar-refractivity contribution in [3.63, 3.8) is 0 Å². The van der Waals surface area contributed by atoms with Crippen LogP contribution in [0.25, 0.3) is 10.8 Å². The molecule has 0 saturated heterocycles. The number of rotatable bonds is 3. The summed E-state index contributed by atoms with van der Waals surface area (Å²) in [5.41, 5.74) is 1.30. The van der Waals surface area contributed by atoms with E-state index in [0.29, 0.717) is 5.69 Å². The molecule has 1 aromatic carbocycles. The highest BCUT2D eigenvalue weighted by molar-refractivity contribution is 5.89. The van der Waals surface area contributed by atoms with Gasteiger partial charge in [-0.3, -0.25) is 4.79 Å². The molecular formula is C22H37NO3. The van der Waals surface area contributed by atoms with Crippen LogP contribution < -0.4 is 4.74 Å². The minimum atomic E-state index is 0.463. The number of aliphatic hydroxyl groups excluding tert-OH is 1. The fraction of sp³-hybridized carbons (Fsp3) is 0.545. The van der Waals surface area contributed by atoms with Gasteiger partial charge in [-0.15, -0.1) is 0 Å². The fourth-order valence-electron chi connectivity index (χ4n) is 1.61. The van der Waals surface area contributed by atoms with Gasteiger partial charge >= 0.3 is 0 Å². The van der Waals surface area contributed by atoms with E-state index in [1.165, 1.54) is 32.1 Å². The predicted molar refractivity (Wildman–Crippen MR) is 112 cm³/mol. The first-order valence-corrected chi connectivity index (χ1v) is 9.51. The summed E-state index contributed by atoms with van der Waals surface area (Å²) in [6, 6.07) is 7.49. The van der Waals surface area contributed by atoms with Crippen LogP contribution in [0, 0.1) is 6.92 Å². The lowest BCUT2D eigenvalue weighted by Gasteiger charge is -2.05. The highest BCUT2D eigenvalue weighted by Crippen LogP contribution is 2.23. The van der Waals surface area contributed by atoms with Gasteiger partial charge in [0.05, 0.1) is 7.11 Å². The Labute approximate surface area is 159 Å². The molecule has 1 fully saturated rings. The molecule has 1 heterocycles. The topological polar surface area (TPSA) is 59.4 Å². The number of hydrogen-bond donors (Lipinski definition) is 1. The van der Waals surface area contributed by atoms with Crippen molar-refractivity contribution in [2.75, 3.05) is 14.2 Å². The number of hydrogen-bond acceptors (Lipinski definition) is 4. The van der Waals surface area contributed by atoms with Gasteiger partial charge in [0.1, 0.15) is 11.4 Å². The van der Waals surface area contributed by atoms with E-state index in [1.807, 2.05) is 39.0 Å². The van der Waals surface area contributed by atoms with E-state index < -0.39 is 0 Å². The van der Waals surface area contributed by atoms with Crippen LogP contribution in [-0.2, 0) is 0 Å². The van der Waals surface area contributed by atoms with Gasteiger partial charge in [0.25, 0.3) is 0 Å². The number of aldehydes is 1. The maximum atomic E-state index is 10.6. The van der Waals surface area contributed by atoms with Crippen LogP contribution >= 0.6 is 0 Å². The number of aryl methyl sites for hydroxylation is 1. The normalized spacial score (nSPS) is 10.3. The van der Waals surface area contributed by atoms with Crippen LogP contribution in [0.15, 0.2) is 24.3 Å². The zero-order chi connectivity index (χ0) is 20.4. The number of carbonyl (C=O) groups is 1. The Morgan fingerprint density at radius 1 is 1.08 bits per heavy atom. The van der Waals surface area contributed by atoms with Gasteiger partial charge in [-0.2, -0.15) is 0 Å².